The third-order valence-electron chi connectivity index (χ3n) is 23.6. The van der Waals surface area contributed by atoms with E-state index in [1.165, 1.54) is 28.7 Å². The molecule has 3 aliphatic rings. The van der Waals surface area contributed by atoms with E-state index in [0.29, 0.717) is 133 Å². The highest BCUT2D eigenvalue weighted by Crippen LogP contribution is 2.39. The van der Waals surface area contributed by atoms with Gasteiger partial charge in [-0.25, -0.2) is 24.7 Å². The Morgan fingerprint density at radius 1 is 0.467 bits per heavy atom. The predicted octanol–water partition coefficient (Wildman–Crippen LogP) is 18.9. The van der Waals surface area contributed by atoms with Gasteiger partial charge in [0.1, 0.15) is 40.3 Å². The predicted molar refractivity (Wildman–Crippen MR) is 608 cm³/mol. The highest BCUT2D eigenvalue weighted by molar-refractivity contribution is 7.21. The Balaban J connectivity index is 0.000000179. The van der Waals surface area contributed by atoms with Crippen LogP contribution in [0.25, 0.3) is 96.6 Å². The molecule has 8 heterocycles. The number of unbranched alkanes of at least 4 members (excludes halogenated alkanes) is 2. The minimum atomic E-state index is -1.22. The number of benzene rings is 7. The Labute approximate surface area is 894 Å². The summed E-state index contributed by atoms with van der Waals surface area (Å²) >= 11 is 7.84. The minimum Gasteiger partial charge on any atom is -0.497 e. The SMILES string of the molecule is CCCCN(CC(O)CO)c1ccc2cc(/C=C3/N=C(C)N(C)C3=O)sc2c1.CCCCN(CCO)c1ccc2cc(/C=C3N=C(/C=C/c4ccccc4)N(C)C/3=O)sc2c1.CN1C(=O)/C(=C\c2cc3ccc(N(C)CCOCCC(=O)O)cc3s2)N=C1c1ccccc1.[C-]#[N+]/C(=C\c1cc2ccc(N(C)CCOCCOCCOCCOCCOC)cc2s1)C(=O)O.[C-]#[N+]/C(=C\c1cc2ccc(OC)cc2s1)C(=O)NCCOC. The zero-order valence-corrected chi connectivity index (χ0v) is 90.3. The molecule has 0 bridgehead atoms. The number of anilines is 4. The Morgan fingerprint density at radius 2 is 0.893 bits per heavy atom. The van der Waals surface area contributed by atoms with E-state index in [1.54, 1.807) is 97.3 Å². The zero-order chi connectivity index (χ0) is 107. The quantitative estimate of drug-likeness (QED) is 0.0117. The van der Waals surface area contributed by atoms with E-state index in [4.69, 9.17) is 61.3 Å². The normalized spacial score (nSPS) is 14.1. The summed E-state index contributed by atoms with van der Waals surface area (Å²) in [5, 5.41) is 54.3. The van der Waals surface area contributed by atoms with Crippen LogP contribution in [0.15, 0.2) is 232 Å². The van der Waals surface area contributed by atoms with Crippen LogP contribution >= 0.6 is 56.7 Å². The number of carboxylic acids is 2. The third-order valence-corrected chi connectivity index (χ3v) is 28.8. The first kappa shape index (κ1) is 116. The van der Waals surface area contributed by atoms with Crippen LogP contribution in [0.3, 0.4) is 0 Å². The number of amides is 4. The van der Waals surface area contributed by atoms with Crippen molar-refractivity contribution in [3.63, 3.8) is 0 Å². The second kappa shape index (κ2) is 60.7. The molecule has 0 radical (unpaired) electrons. The standard InChI is InChI=1S/C27H29N3O2S.C25H25N3O4S.C24H32N2O7S.C21H27N3O3S.C16H16N2O3S/c1-3-4-14-30(15-16-31)22-12-11-21-17-23(33-25(21)18-22)19-24-27(32)29(2)26(28-24)13-10-20-8-6-5-7-9-20;1-27(11-13-32-12-10-23(29)30)19-9-8-18-14-20(33-22(18)15-19)16-21-25(31)28(2)24(26-21)17-6-4-3-5-7-17;1-25-22(24(27)28)18-21-16-19-4-5-20(17-23(19)34-21)26(2)6-7-30-10-11-32-14-15-33-13-12-31-9-8-29-3;1-4-5-8-24(12-17(26)13-25)16-7-6-15-9-18(28-20(15)10-16)11-19-21(27)23(3)14(2)22-19;1-17-14(16(19)18-6-7-20-2)10-13-8-11-4-5-12(21-3)9-15(11)22-13/h5-13,17-19,31H,3-4,14-16H2,1-2H3;3-9,14-16H,10-13H2,1-2H3,(H,29,30);4-5,16-18H,6-15H2,2-3H3,(H,27,28);6-7,9-11,17,25-26H,4-5,8,12-13H2,1-3H3;4-5,8-10H,6-7H2,2-3H3,(H,18,19)/b13-10+,24-19+;21-16+;22-18-;19-11+;14-10-. The summed E-state index contributed by atoms with van der Waals surface area (Å²) < 4.78 is 47.6. The van der Waals surface area contributed by atoms with Gasteiger partial charge in [-0.1, -0.05) is 118 Å². The fourth-order valence-corrected chi connectivity index (χ4v) is 20.3. The van der Waals surface area contributed by atoms with Gasteiger partial charge in [-0.15, -0.1) is 56.7 Å². The van der Waals surface area contributed by atoms with E-state index in [-0.39, 0.29) is 61.3 Å². The molecule has 0 spiro atoms. The van der Waals surface area contributed by atoms with Crippen molar-refractivity contribution in [2.24, 2.45) is 15.0 Å². The fraction of sp³-hybridized carbons (Fsp3) is 0.336. The molecule has 5 aromatic heterocycles. The average Bonchev–Trinajstić information content (AvgIpc) is 1.65. The van der Waals surface area contributed by atoms with Crippen molar-refractivity contribution in [3.05, 3.63) is 275 Å². The molecule has 0 aliphatic carbocycles. The first-order valence-corrected chi connectivity index (χ1v) is 53.1. The van der Waals surface area contributed by atoms with Crippen LogP contribution in [0.2, 0.25) is 0 Å². The number of fused-ring (bicyclic) bond motifs is 5. The van der Waals surface area contributed by atoms with Crippen molar-refractivity contribution < 1.29 is 92.2 Å². The molecule has 15 rings (SSSR count). The van der Waals surface area contributed by atoms with Gasteiger partial charge in [0.15, 0.2) is 0 Å². The molecule has 6 N–H and O–H groups in total. The molecule has 0 saturated heterocycles. The van der Waals surface area contributed by atoms with Gasteiger partial charge in [-0.05, 0) is 186 Å². The summed E-state index contributed by atoms with van der Waals surface area (Å²) in [7, 11) is 14.0. The van der Waals surface area contributed by atoms with E-state index < -0.39 is 18.0 Å². The monoisotopic (exact) mass is 2130 g/mol. The van der Waals surface area contributed by atoms with Crippen LogP contribution in [-0.4, -0.2) is 294 Å². The summed E-state index contributed by atoms with van der Waals surface area (Å²) in [6, 6.07) is 60.4. The molecule has 12 aromatic rings. The van der Waals surface area contributed by atoms with Crippen LogP contribution in [0.1, 0.15) is 88.4 Å². The molecule has 1 unspecified atom stereocenters. The van der Waals surface area contributed by atoms with Crippen LogP contribution in [0.5, 0.6) is 5.75 Å². The lowest BCUT2D eigenvalue weighted by atomic mass is 10.2. The van der Waals surface area contributed by atoms with Crippen LogP contribution in [0.4, 0.5) is 22.7 Å². The van der Waals surface area contributed by atoms with Crippen molar-refractivity contribution in [1.82, 2.24) is 20.0 Å². The molecule has 3 aliphatic heterocycles. The number of ether oxygens (including phenoxy) is 8. The number of carbonyl (C=O) groups is 6. The van der Waals surface area contributed by atoms with E-state index >= 15 is 0 Å². The Morgan fingerprint density at radius 3 is 1.37 bits per heavy atom. The lowest BCUT2D eigenvalue weighted by Crippen LogP contribution is -2.35. The number of likely N-dealkylation sites (N-methyl/N-ethyl adjacent to an activating group) is 5. The molecular formula is C113H129N13O19S5. The molecule has 7 aromatic carbocycles. The fourth-order valence-electron chi connectivity index (χ4n) is 15.2. The van der Waals surface area contributed by atoms with Gasteiger partial charge in [0.2, 0.25) is 5.91 Å². The smallest absolute Gasteiger partial charge is 0.333 e. The summed E-state index contributed by atoms with van der Waals surface area (Å²) in [4.78, 5) is 109. The van der Waals surface area contributed by atoms with Gasteiger partial charge in [-0.2, -0.15) is 0 Å². The Bertz CT molecular complexity index is 6950. The number of nitrogens with one attached hydrogen (secondary N) is 1. The molecule has 37 heteroatoms. The summed E-state index contributed by atoms with van der Waals surface area (Å²) in [5.41, 5.74) is 7.32. The maximum atomic E-state index is 12.7. The largest absolute Gasteiger partial charge is 0.497 e. The van der Waals surface area contributed by atoms with Gasteiger partial charge in [-0.3, -0.25) is 43.5 Å². The number of aliphatic carboxylic acids is 2. The topological polar surface area (TPSA) is 358 Å². The maximum Gasteiger partial charge on any atom is 0.333 e. The number of aliphatic hydroxyl groups excluding tert-OH is 3. The van der Waals surface area contributed by atoms with E-state index in [0.717, 1.165) is 160 Å². The lowest BCUT2D eigenvalue weighted by molar-refractivity contribution is -0.138. The van der Waals surface area contributed by atoms with Crippen LogP contribution in [-0.2, 0) is 61.9 Å². The highest BCUT2D eigenvalue weighted by Gasteiger charge is 2.30. The van der Waals surface area contributed by atoms with Crippen LogP contribution in [0, 0.1) is 13.1 Å². The number of carbonyl (C=O) groups excluding carboxylic acids is 4. The second-order valence-electron chi connectivity index (χ2n) is 34.5. The molecule has 150 heavy (non-hydrogen) atoms. The van der Waals surface area contributed by atoms with Gasteiger partial charge in [0.05, 0.1) is 125 Å². The molecule has 0 saturated carbocycles. The molecule has 790 valence electrons. The Kier molecular flexibility index (Phi) is 47.2. The number of thiophene rings is 5. The lowest BCUT2D eigenvalue weighted by Gasteiger charge is -2.26. The minimum absolute atomic E-state index is 0.0122. The van der Waals surface area contributed by atoms with Crippen molar-refractivity contribution in [1.29, 1.82) is 0 Å². The Hall–Kier alpha value is -13.8. The van der Waals surface area contributed by atoms with E-state index in [1.807, 2.05) is 167 Å². The first-order valence-electron chi connectivity index (χ1n) is 49.0. The van der Waals surface area contributed by atoms with E-state index in [2.05, 4.69) is 130 Å². The number of aliphatic imine (C=N–C) groups is 3. The number of carboxylic acid groups (broad SMARTS) is 2. The summed E-state index contributed by atoms with van der Waals surface area (Å²) in [6.45, 7) is 30.7. The number of hydrogen-bond donors (Lipinski definition) is 6. The molecular weight excluding hydrogens is 2000 g/mol. The number of methoxy groups -OCH3 is 3. The second-order valence-corrected chi connectivity index (χ2v) is 40.0. The number of aliphatic hydroxyl groups is 3. The summed E-state index contributed by atoms with van der Waals surface area (Å²) in [5.74, 6) is 0.0136. The first-order chi connectivity index (χ1) is 72.6. The van der Waals surface area contributed by atoms with Crippen molar-refractivity contribution in [2.75, 3.05) is 214 Å². The zero-order valence-electron chi connectivity index (χ0n) is 86.2. The van der Waals surface area contributed by atoms with Gasteiger partial charge >= 0.3 is 11.9 Å². The number of hydrogen-bond acceptors (Lipinski definition) is 29. The number of rotatable bonds is 50. The number of amidine groups is 3. The number of nitrogens with zero attached hydrogens (tertiary/aromatic N) is 12. The highest BCUT2D eigenvalue weighted by atomic mass is 32.1. The van der Waals surface area contributed by atoms with Crippen LogP contribution < -0.4 is 29.7 Å². The third kappa shape index (κ3) is 35.2. The van der Waals surface area contributed by atoms with Gasteiger partial charge in [0.25, 0.3) is 29.1 Å². The molecule has 4 amide bonds. The van der Waals surface area contributed by atoms with Gasteiger partial charge in [0, 0.05) is 171 Å². The molecule has 0 fully saturated rings. The average molecular weight is 2130 g/mol. The van der Waals surface area contributed by atoms with E-state index in [9.17, 15) is 44.1 Å². The van der Waals surface area contributed by atoms with Crippen molar-refractivity contribution in [2.45, 2.75) is 59.0 Å². The maximum absolute atomic E-state index is 12.7. The molecule has 1 atom stereocenters. The molecule has 32 nitrogen and oxygen atoms in total. The van der Waals surface area contributed by atoms with Crippen molar-refractivity contribution >= 4 is 219 Å². The van der Waals surface area contributed by atoms with Gasteiger partial charge < -0.3 is 88.3 Å². The summed E-state index contributed by atoms with van der Waals surface area (Å²) in [6.07, 6.45) is 15.9. The van der Waals surface area contributed by atoms with Crippen molar-refractivity contribution in [3.8, 4) is 5.75 Å².